The van der Waals surface area contributed by atoms with Crippen LogP contribution in [0, 0.1) is 5.41 Å². The second kappa shape index (κ2) is 4.23. The summed E-state index contributed by atoms with van der Waals surface area (Å²) in [5.41, 5.74) is 11.7. The molecule has 0 aromatic heterocycles. The fourth-order valence-corrected chi connectivity index (χ4v) is 0.952. The number of nitrogens with one attached hydrogen (secondary N) is 1. The molecule has 72 valence electrons. The van der Waals surface area contributed by atoms with Gasteiger partial charge >= 0.3 is 0 Å². The van der Waals surface area contributed by atoms with Crippen LogP contribution in [0.3, 0.4) is 0 Å². The fourth-order valence-electron chi connectivity index (χ4n) is 0.952. The van der Waals surface area contributed by atoms with Gasteiger partial charge in [-0.3, -0.25) is 10.2 Å². The topological polar surface area (TPSA) is 93.0 Å². The number of carbonyl (C=O) groups excluding carboxylic acids is 1. The largest absolute Gasteiger partial charge is 0.384 e. The van der Waals surface area contributed by atoms with Crippen LogP contribution in [0.1, 0.15) is 11.1 Å². The van der Waals surface area contributed by atoms with Gasteiger partial charge in [-0.05, 0) is 11.6 Å². The summed E-state index contributed by atoms with van der Waals surface area (Å²) in [5, 5.41) is 7.16. The summed E-state index contributed by atoms with van der Waals surface area (Å²) in [6.45, 7) is 0. The lowest BCUT2D eigenvalue weighted by Crippen LogP contribution is -2.10. The number of hydrogen-bond acceptors (Lipinski definition) is 2. The number of hydrogen-bond donors (Lipinski definition) is 3. The highest BCUT2D eigenvalue weighted by Gasteiger charge is 1.94. The third kappa shape index (κ3) is 2.75. The number of benzene rings is 1. The summed E-state index contributed by atoms with van der Waals surface area (Å²) in [6.07, 6.45) is 2.88. The average molecular weight is 189 g/mol. The van der Waals surface area contributed by atoms with Gasteiger partial charge in [0.05, 0.1) is 0 Å². The van der Waals surface area contributed by atoms with Crippen molar-refractivity contribution in [3.8, 4) is 0 Å². The Bertz CT molecular complexity index is 379. The van der Waals surface area contributed by atoms with Crippen molar-refractivity contribution < 1.29 is 4.79 Å². The molecule has 1 rings (SSSR count). The molecule has 0 heterocycles. The number of amides is 1. The van der Waals surface area contributed by atoms with E-state index in [1.54, 1.807) is 30.3 Å². The van der Waals surface area contributed by atoms with Crippen molar-refractivity contribution in [1.82, 2.24) is 0 Å². The van der Waals surface area contributed by atoms with Gasteiger partial charge in [0.15, 0.2) is 0 Å². The van der Waals surface area contributed by atoms with Gasteiger partial charge in [0.25, 0.3) is 0 Å². The van der Waals surface area contributed by atoms with Crippen LogP contribution in [0.5, 0.6) is 0 Å². The first-order chi connectivity index (χ1) is 6.59. The minimum atomic E-state index is -0.486. The van der Waals surface area contributed by atoms with Gasteiger partial charge in [-0.2, -0.15) is 0 Å². The van der Waals surface area contributed by atoms with Gasteiger partial charge < -0.3 is 11.5 Å². The van der Waals surface area contributed by atoms with E-state index in [1.165, 1.54) is 6.08 Å². The maximum Gasteiger partial charge on any atom is 0.241 e. The fraction of sp³-hybridized carbons (Fsp3) is 0. The molecular weight excluding hydrogens is 178 g/mol. The van der Waals surface area contributed by atoms with Crippen molar-refractivity contribution in [3.05, 3.63) is 41.5 Å². The summed E-state index contributed by atoms with van der Waals surface area (Å²) in [7, 11) is 0. The number of rotatable bonds is 3. The monoisotopic (exact) mass is 189 g/mol. The van der Waals surface area contributed by atoms with Crippen molar-refractivity contribution in [3.63, 3.8) is 0 Å². The number of amidine groups is 1. The minimum Gasteiger partial charge on any atom is -0.384 e. The van der Waals surface area contributed by atoms with E-state index >= 15 is 0 Å². The van der Waals surface area contributed by atoms with Gasteiger partial charge in [0.2, 0.25) is 5.91 Å². The lowest BCUT2D eigenvalue weighted by atomic mass is 10.1. The number of nitrogens with two attached hydrogens (primary N) is 2. The minimum absolute atomic E-state index is 0.0235. The van der Waals surface area contributed by atoms with Crippen LogP contribution in [0.4, 0.5) is 0 Å². The first kappa shape index (κ1) is 9.98. The zero-order valence-electron chi connectivity index (χ0n) is 7.53. The van der Waals surface area contributed by atoms with Crippen LogP contribution in [0.15, 0.2) is 30.3 Å². The standard InChI is InChI=1S/C10H11N3O/c11-9(14)6-3-7-1-4-8(5-2-7)10(12)13/h1-6H,(H2,11,14)(H3,12,13). The van der Waals surface area contributed by atoms with E-state index < -0.39 is 5.91 Å². The summed E-state index contributed by atoms with van der Waals surface area (Å²) in [6, 6.07) is 6.94. The molecule has 5 N–H and O–H groups in total. The van der Waals surface area contributed by atoms with Crippen molar-refractivity contribution in [1.29, 1.82) is 5.41 Å². The first-order valence-corrected chi connectivity index (χ1v) is 4.01. The van der Waals surface area contributed by atoms with Crippen LogP contribution in [-0.2, 0) is 4.79 Å². The summed E-state index contributed by atoms with van der Waals surface area (Å²) in [4.78, 5) is 10.4. The number of carbonyl (C=O) groups is 1. The molecule has 0 fully saturated rings. The average Bonchev–Trinajstić information content (AvgIpc) is 2.15. The quantitative estimate of drug-likeness (QED) is 0.366. The molecule has 4 heteroatoms. The second-order valence-electron chi connectivity index (χ2n) is 2.77. The van der Waals surface area contributed by atoms with E-state index in [9.17, 15) is 4.79 Å². The molecule has 0 saturated heterocycles. The molecular formula is C10H11N3O. The van der Waals surface area contributed by atoms with Gasteiger partial charge in [0.1, 0.15) is 5.84 Å². The third-order valence-electron chi connectivity index (χ3n) is 1.66. The summed E-state index contributed by atoms with van der Waals surface area (Å²) in [5.74, 6) is -0.462. The number of primary amides is 1. The zero-order chi connectivity index (χ0) is 10.6. The molecule has 4 nitrogen and oxygen atoms in total. The number of nitrogen functional groups attached to an aromatic ring is 1. The SMILES string of the molecule is N=C(N)c1ccc(C=CC(N)=O)cc1. The van der Waals surface area contributed by atoms with Gasteiger partial charge in [0, 0.05) is 11.6 Å². The molecule has 0 aliphatic carbocycles. The molecule has 0 saturated carbocycles. The van der Waals surface area contributed by atoms with Crippen molar-refractivity contribution in [2.75, 3.05) is 0 Å². The summed E-state index contributed by atoms with van der Waals surface area (Å²) < 4.78 is 0. The normalized spacial score (nSPS) is 10.3. The molecule has 0 aliphatic rings. The zero-order valence-corrected chi connectivity index (χ0v) is 7.53. The van der Waals surface area contributed by atoms with Crippen LogP contribution in [0.2, 0.25) is 0 Å². The van der Waals surface area contributed by atoms with Crippen molar-refractivity contribution >= 4 is 17.8 Å². The van der Waals surface area contributed by atoms with Gasteiger partial charge in [-0.25, -0.2) is 0 Å². The molecule has 0 bridgehead atoms. The Balaban J connectivity index is 2.83. The van der Waals surface area contributed by atoms with E-state index in [0.717, 1.165) is 5.56 Å². The predicted octanol–water partition coefficient (Wildman–Crippen LogP) is 0.469. The van der Waals surface area contributed by atoms with Gasteiger partial charge in [-0.1, -0.05) is 24.3 Å². The van der Waals surface area contributed by atoms with E-state index in [-0.39, 0.29) is 5.84 Å². The lowest BCUT2D eigenvalue weighted by molar-refractivity contribution is -0.113. The molecule has 14 heavy (non-hydrogen) atoms. The molecule has 1 amide bonds. The molecule has 0 spiro atoms. The predicted molar refractivity (Wildman–Crippen MR) is 55.7 cm³/mol. The molecule has 1 aromatic carbocycles. The highest BCUT2D eigenvalue weighted by molar-refractivity contribution is 5.95. The Morgan fingerprint density at radius 2 is 1.79 bits per heavy atom. The third-order valence-corrected chi connectivity index (χ3v) is 1.66. The molecule has 1 aromatic rings. The Morgan fingerprint density at radius 3 is 2.21 bits per heavy atom. The Morgan fingerprint density at radius 1 is 1.21 bits per heavy atom. The van der Waals surface area contributed by atoms with E-state index in [4.69, 9.17) is 16.9 Å². The lowest BCUT2D eigenvalue weighted by Gasteiger charge is -1.97. The molecule has 0 aliphatic heterocycles. The maximum atomic E-state index is 10.4. The first-order valence-electron chi connectivity index (χ1n) is 4.01. The second-order valence-corrected chi connectivity index (χ2v) is 2.77. The molecule has 0 radical (unpaired) electrons. The Labute approximate surface area is 81.7 Å². The smallest absolute Gasteiger partial charge is 0.241 e. The maximum absolute atomic E-state index is 10.4. The van der Waals surface area contributed by atoms with Crippen molar-refractivity contribution in [2.45, 2.75) is 0 Å². The molecule has 0 atom stereocenters. The van der Waals surface area contributed by atoms with E-state index in [0.29, 0.717) is 5.56 Å². The highest BCUT2D eigenvalue weighted by atomic mass is 16.1. The van der Waals surface area contributed by atoms with Gasteiger partial charge in [-0.15, -0.1) is 0 Å². The van der Waals surface area contributed by atoms with Crippen LogP contribution >= 0.6 is 0 Å². The Kier molecular flexibility index (Phi) is 3.01. The highest BCUT2D eigenvalue weighted by Crippen LogP contribution is 2.05. The van der Waals surface area contributed by atoms with E-state index in [2.05, 4.69) is 0 Å². The van der Waals surface area contributed by atoms with Crippen LogP contribution in [0.25, 0.3) is 6.08 Å². The van der Waals surface area contributed by atoms with E-state index in [1.807, 2.05) is 0 Å². The van der Waals surface area contributed by atoms with Crippen molar-refractivity contribution in [2.24, 2.45) is 11.5 Å². The summed E-state index contributed by atoms with van der Waals surface area (Å²) >= 11 is 0. The van der Waals surface area contributed by atoms with Crippen LogP contribution < -0.4 is 11.5 Å². The molecule has 0 unspecified atom stereocenters. The Hall–Kier alpha value is -2.10. The van der Waals surface area contributed by atoms with Crippen LogP contribution in [-0.4, -0.2) is 11.7 Å².